The van der Waals surface area contributed by atoms with Gasteiger partial charge in [-0.15, -0.1) is 6.42 Å². The summed E-state index contributed by atoms with van der Waals surface area (Å²) in [6.07, 6.45) is 10.4. The minimum atomic E-state index is -0.745. The minimum Gasteiger partial charge on any atom is -0.389 e. The molecule has 0 unspecified atom stereocenters. The lowest BCUT2D eigenvalue weighted by Gasteiger charge is -2.37. The molecular formula is C15H24N2O2. The number of amides is 1. The van der Waals surface area contributed by atoms with Crippen molar-refractivity contribution in [2.24, 2.45) is 0 Å². The molecule has 19 heavy (non-hydrogen) atoms. The molecule has 0 spiro atoms. The predicted octanol–water partition coefficient (Wildman–Crippen LogP) is 0.849. The van der Waals surface area contributed by atoms with Crippen LogP contribution in [0.15, 0.2) is 0 Å². The van der Waals surface area contributed by atoms with Gasteiger partial charge in [0.25, 0.3) is 0 Å². The van der Waals surface area contributed by atoms with E-state index in [4.69, 9.17) is 6.42 Å². The van der Waals surface area contributed by atoms with Crippen LogP contribution in [0.2, 0.25) is 0 Å². The first kappa shape index (κ1) is 14.4. The third-order valence-electron chi connectivity index (χ3n) is 4.30. The molecule has 1 saturated heterocycles. The van der Waals surface area contributed by atoms with Crippen molar-refractivity contribution < 1.29 is 9.90 Å². The lowest BCUT2D eigenvalue weighted by molar-refractivity contribution is -0.139. The molecule has 0 aromatic heterocycles. The Morgan fingerprint density at radius 2 is 1.79 bits per heavy atom. The van der Waals surface area contributed by atoms with Gasteiger partial charge in [0.1, 0.15) is 0 Å². The molecule has 0 bridgehead atoms. The first-order valence-electron chi connectivity index (χ1n) is 7.29. The van der Waals surface area contributed by atoms with E-state index in [-0.39, 0.29) is 5.91 Å². The third kappa shape index (κ3) is 3.95. The largest absolute Gasteiger partial charge is 0.389 e. The molecule has 2 aliphatic rings. The van der Waals surface area contributed by atoms with Crippen molar-refractivity contribution in [1.82, 2.24) is 9.80 Å². The molecule has 0 aromatic rings. The number of piperazine rings is 1. The third-order valence-corrected chi connectivity index (χ3v) is 4.30. The lowest BCUT2D eigenvalue weighted by atomic mass is 9.82. The second kappa shape index (κ2) is 6.40. The average molecular weight is 264 g/mol. The molecule has 0 atom stereocenters. The number of hydrogen-bond donors (Lipinski definition) is 1. The SMILES string of the molecule is C#CCN1CCN(C(=O)CC2(O)CCCCC2)CC1. The van der Waals surface area contributed by atoms with E-state index in [9.17, 15) is 9.90 Å². The minimum absolute atomic E-state index is 0.102. The maximum Gasteiger partial charge on any atom is 0.225 e. The highest BCUT2D eigenvalue weighted by Gasteiger charge is 2.33. The molecule has 4 nitrogen and oxygen atoms in total. The summed E-state index contributed by atoms with van der Waals surface area (Å²) in [5.74, 6) is 2.74. The topological polar surface area (TPSA) is 43.8 Å². The summed E-state index contributed by atoms with van der Waals surface area (Å²) < 4.78 is 0. The van der Waals surface area contributed by atoms with Crippen molar-refractivity contribution in [2.75, 3.05) is 32.7 Å². The summed E-state index contributed by atoms with van der Waals surface area (Å²) in [7, 11) is 0. The Hall–Kier alpha value is -1.05. The fourth-order valence-corrected chi connectivity index (χ4v) is 3.06. The zero-order valence-electron chi connectivity index (χ0n) is 11.6. The fourth-order valence-electron chi connectivity index (χ4n) is 3.06. The second-order valence-electron chi connectivity index (χ2n) is 5.82. The van der Waals surface area contributed by atoms with Gasteiger partial charge in [-0.3, -0.25) is 9.69 Å². The van der Waals surface area contributed by atoms with E-state index in [0.29, 0.717) is 13.0 Å². The summed E-state index contributed by atoms with van der Waals surface area (Å²) in [5.41, 5.74) is -0.745. The molecule has 0 radical (unpaired) electrons. The van der Waals surface area contributed by atoms with Crippen molar-refractivity contribution in [1.29, 1.82) is 0 Å². The van der Waals surface area contributed by atoms with Crippen LogP contribution in [0, 0.1) is 12.3 Å². The van der Waals surface area contributed by atoms with Crippen molar-refractivity contribution in [3.05, 3.63) is 0 Å². The van der Waals surface area contributed by atoms with Crippen LogP contribution in [-0.2, 0) is 4.79 Å². The number of terminal acetylenes is 1. The summed E-state index contributed by atoms with van der Waals surface area (Å²) in [6, 6.07) is 0. The Labute approximate surface area is 115 Å². The first-order valence-corrected chi connectivity index (χ1v) is 7.29. The number of hydrogen-bond acceptors (Lipinski definition) is 3. The second-order valence-corrected chi connectivity index (χ2v) is 5.82. The summed E-state index contributed by atoms with van der Waals surface area (Å²) in [6.45, 7) is 3.81. The zero-order chi connectivity index (χ0) is 13.7. The zero-order valence-corrected chi connectivity index (χ0v) is 11.6. The van der Waals surface area contributed by atoms with Crippen LogP contribution in [0.4, 0.5) is 0 Å². The van der Waals surface area contributed by atoms with Gasteiger partial charge in [-0.25, -0.2) is 0 Å². The van der Waals surface area contributed by atoms with Crippen LogP contribution in [-0.4, -0.2) is 59.1 Å². The Morgan fingerprint density at radius 3 is 2.37 bits per heavy atom. The molecule has 1 aliphatic heterocycles. The highest BCUT2D eigenvalue weighted by molar-refractivity contribution is 5.77. The predicted molar refractivity (Wildman–Crippen MR) is 74.5 cm³/mol. The maximum absolute atomic E-state index is 12.2. The Balaban J connectivity index is 1.79. The molecule has 4 heteroatoms. The summed E-state index contributed by atoms with van der Waals surface area (Å²) in [5, 5.41) is 10.4. The fraction of sp³-hybridized carbons (Fsp3) is 0.800. The van der Waals surface area contributed by atoms with Gasteiger partial charge in [0.05, 0.1) is 18.6 Å². The highest BCUT2D eigenvalue weighted by Crippen LogP contribution is 2.31. The Bertz CT molecular complexity index is 348. The quantitative estimate of drug-likeness (QED) is 0.769. The maximum atomic E-state index is 12.2. The van der Waals surface area contributed by atoms with Gasteiger partial charge in [0, 0.05) is 26.2 Å². The van der Waals surface area contributed by atoms with Gasteiger partial charge < -0.3 is 10.0 Å². The van der Waals surface area contributed by atoms with Gasteiger partial charge in [0.2, 0.25) is 5.91 Å². The van der Waals surface area contributed by atoms with Crippen LogP contribution in [0.25, 0.3) is 0 Å². The number of rotatable bonds is 3. The normalized spacial score (nSPS) is 23.9. The van der Waals surface area contributed by atoms with Gasteiger partial charge in [0.15, 0.2) is 0 Å². The van der Waals surface area contributed by atoms with Crippen molar-refractivity contribution in [3.8, 4) is 12.3 Å². The monoisotopic (exact) mass is 264 g/mol. The van der Waals surface area contributed by atoms with Gasteiger partial charge >= 0.3 is 0 Å². The number of nitrogens with zero attached hydrogens (tertiary/aromatic N) is 2. The first-order chi connectivity index (χ1) is 9.13. The molecule has 1 heterocycles. The lowest BCUT2D eigenvalue weighted by Crippen LogP contribution is -2.50. The van der Waals surface area contributed by atoms with E-state index >= 15 is 0 Å². The molecule has 1 amide bonds. The summed E-state index contributed by atoms with van der Waals surface area (Å²) in [4.78, 5) is 16.3. The van der Waals surface area contributed by atoms with E-state index in [1.807, 2.05) is 4.90 Å². The van der Waals surface area contributed by atoms with Gasteiger partial charge in [-0.2, -0.15) is 0 Å². The molecular weight excluding hydrogens is 240 g/mol. The van der Waals surface area contributed by atoms with E-state index in [1.165, 1.54) is 6.42 Å². The standard InChI is InChI=1S/C15H24N2O2/c1-2-8-16-9-11-17(12-10-16)14(18)13-15(19)6-4-3-5-7-15/h1,19H,3-13H2. The van der Waals surface area contributed by atoms with Crippen molar-refractivity contribution in [2.45, 2.75) is 44.1 Å². The molecule has 106 valence electrons. The number of carbonyl (C=O) groups is 1. The molecule has 1 N–H and O–H groups in total. The van der Waals surface area contributed by atoms with E-state index in [1.54, 1.807) is 0 Å². The van der Waals surface area contributed by atoms with E-state index in [2.05, 4.69) is 10.8 Å². The van der Waals surface area contributed by atoms with E-state index in [0.717, 1.165) is 51.9 Å². The summed E-state index contributed by atoms with van der Waals surface area (Å²) >= 11 is 0. The molecule has 2 rings (SSSR count). The molecule has 1 aliphatic carbocycles. The van der Waals surface area contributed by atoms with Crippen LogP contribution < -0.4 is 0 Å². The average Bonchev–Trinajstić information content (AvgIpc) is 2.40. The van der Waals surface area contributed by atoms with Crippen LogP contribution in [0.5, 0.6) is 0 Å². The Morgan fingerprint density at radius 1 is 1.16 bits per heavy atom. The van der Waals surface area contributed by atoms with Crippen molar-refractivity contribution >= 4 is 5.91 Å². The molecule has 1 saturated carbocycles. The number of carbonyl (C=O) groups excluding carboxylic acids is 1. The van der Waals surface area contributed by atoms with Gasteiger partial charge in [-0.1, -0.05) is 25.2 Å². The number of aliphatic hydroxyl groups is 1. The van der Waals surface area contributed by atoms with Crippen molar-refractivity contribution in [3.63, 3.8) is 0 Å². The molecule has 0 aromatic carbocycles. The smallest absolute Gasteiger partial charge is 0.225 e. The molecule has 2 fully saturated rings. The van der Waals surface area contributed by atoms with Crippen LogP contribution >= 0.6 is 0 Å². The van der Waals surface area contributed by atoms with E-state index < -0.39 is 5.60 Å². The highest BCUT2D eigenvalue weighted by atomic mass is 16.3. The Kier molecular flexibility index (Phi) is 4.84. The van der Waals surface area contributed by atoms with Gasteiger partial charge in [-0.05, 0) is 12.8 Å². The van der Waals surface area contributed by atoms with Crippen LogP contribution in [0.3, 0.4) is 0 Å². The van der Waals surface area contributed by atoms with Crippen LogP contribution in [0.1, 0.15) is 38.5 Å².